The molecule has 0 fully saturated rings. The number of aromatic amines is 1. The molecule has 6 nitrogen and oxygen atoms in total. The van der Waals surface area contributed by atoms with Crippen LogP contribution in [0.15, 0.2) is 42.6 Å². The van der Waals surface area contributed by atoms with Crippen molar-refractivity contribution in [2.45, 2.75) is 69.9 Å². The van der Waals surface area contributed by atoms with Crippen LogP contribution in [0.5, 0.6) is 0 Å². The van der Waals surface area contributed by atoms with Crippen LogP contribution in [0.4, 0.5) is 0 Å². The van der Waals surface area contributed by atoms with Gasteiger partial charge in [-0.05, 0) is 75.0 Å². The summed E-state index contributed by atoms with van der Waals surface area (Å²) in [6.45, 7) is 10.3. The molecule has 3 N–H and O–H groups in total. The number of nitrogens with zero attached hydrogens (tertiary/aromatic N) is 3. The van der Waals surface area contributed by atoms with Crippen LogP contribution < -0.4 is 5.73 Å². The average Bonchev–Trinajstić information content (AvgIpc) is 3.26. The minimum atomic E-state index is -1.15. The van der Waals surface area contributed by atoms with Crippen molar-refractivity contribution >= 4 is 19.1 Å². The van der Waals surface area contributed by atoms with Gasteiger partial charge >= 0.3 is 0 Å². The van der Waals surface area contributed by atoms with Crippen molar-refractivity contribution in [3.63, 3.8) is 0 Å². The van der Waals surface area contributed by atoms with Crippen LogP contribution in [0.1, 0.15) is 54.8 Å². The zero-order chi connectivity index (χ0) is 24.0. The topological polar surface area (TPSA) is 80.1 Å². The SMILES string of the molecule is C[Si](C)(C)CCOCC(c1nc2ccccc2[nH]1)N(CCCCN)C1CCCc2cccnc21. The Morgan fingerprint density at radius 1 is 1.18 bits per heavy atom. The monoisotopic (exact) mass is 479 g/mol. The second kappa shape index (κ2) is 11.6. The van der Waals surface area contributed by atoms with Crippen LogP contribution in [0.25, 0.3) is 11.0 Å². The van der Waals surface area contributed by atoms with E-state index in [4.69, 9.17) is 20.4 Å². The predicted octanol–water partition coefficient (Wildman–Crippen LogP) is 5.47. The summed E-state index contributed by atoms with van der Waals surface area (Å²) >= 11 is 0. The Morgan fingerprint density at radius 3 is 2.82 bits per heavy atom. The summed E-state index contributed by atoms with van der Waals surface area (Å²) in [6.07, 6.45) is 7.41. The third kappa shape index (κ3) is 6.33. The van der Waals surface area contributed by atoms with Crippen LogP contribution in [0.2, 0.25) is 25.7 Å². The molecule has 0 amide bonds. The molecule has 0 radical (unpaired) electrons. The molecule has 0 aliphatic heterocycles. The quantitative estimate of drug-likeness (QED) is 0.266. The van der Waals surface area contributed by atoms with E-state index in [9.17, 15) is 0 Å². The predicted molar refractivity (Wildman–Crippen MR) is 143 cm³/mol. The number of fused-ring (bicyclic) bond motifs is 2. The van der Waals surface area contributed by atoms with Gasteiger partial charge in [0.25, 0.3) is 0 Å². The lowest BCUT2D eigenvalue weighted by Crippen LogP contribution is -2.39. The van der Waals surface area contributed by atoms with Crippen molar-refractivity contribution in [2.24, 2.45) is 5.73 Å². The third-order valence-corrected chi connectivity index (χ3v) is 8.54. The molecule has 7 heteroatoms. The fraction of sp³-hybridized carbons (Fsp3) is 0.556. The van der Waals surface area contributed by atoms with Gasteiger partial charge < -0.3 is 15.5 Å². The van der Waals surface area contributed by atoms with Gasteiger partial charge in [-0.15, -0.1) is 0 Å². The van der Waals surface area contributed by atoms with Crippen molar-refractivity contribution in [3.8, 4) is 0 Å². The van der Waals surface area contributed by atoms with Gasteiger partial charge in [-0.1, -0.05) is 37.8 Å². The van der Waals surface area contributed by atoms with E-state index in [2.05, 4.69) is 59.9 Å². The van der Waals surface area contributed by atoms with Gasteiger partial charge in [-0.3, -0.25) is 9.88 Å². The molecular weight excluding hydrogens is 438 g/mol. The Labute approximate surface area is 205 Å². The van der Waals surface area contributed by atoms with E-state index in [-0.39, 0.29) is 12.1 Å². The van der Waals surface area contributed by atoms with Crippen molar-refractivity contribution < 1.29 is 4.74 Å². The number of ether oxygens (including phenoxy) is 1. The van der Waals surface area contributed by atoms with E-state index in [1.54, 1.807) is 0 Å². The van der Waals surface area contributed by atoms with Gasteiger partial charge in [0.2, 0.25) is 0 Å². The number of aryl methyl sites for hydroxylation is 1. The number of para-hydroxylation sites is 2. The lowest BCUT2D eigenvalue weighted by atomic mass is 9.89. The maximum absolute atomic E-state index is 6.38. The smallest absolute Gasteiger partial charge is 0.127 e. The average molecular weight is 480 g/mol. The fourth-order valence-corrected chi connectivity index (χ4v) is 5.67. The van der Waals surface area contributed by atoms with E-state index >= 15 is 0 Å². The first-order valence-electron chi connectivity index (χ1n) is 12.9. The Hall–Kier alpha value is -2.06. The number of hydrogen-bond donors (Lipinski definition) is 2. The Bertz CT molecular complexity index is 1010. The van der Waals surface area contributed by atoms with Crippen LogP contribution in [-0.2, 0) is 11.2 Å². The number of benzene rings is 1. The van der Waals surface area contributed by atoms with Crippen molar-refractivity contribution in [1.29, 1.82) is 0 Å². The van der Waals surface area contributed by atoms with Gasteiger partial charge in [0.05, 0.1) is 35.4 Å². The largest absolute Gasteiger partial charge is 0.380 e. The molecule has 2 aromatic heterocycles. The molecule has 0 spiro atoms. The molecule has 3 aromatic rings. The van der Waals surface area contributed by atoms with Crippen LogP contribution >= 0.6 is 0 Å². The molecule has 0 saturated heterocycles. The molecule has 2 heterocycles. The van der Waals surface area contributed by atoms with E-state index < -0.39 is 8.07 Å². The van der Waals surface area contributed by atoms with Crippen LogP contribution in [0, 0.1) is 0 Å². The number of rotatable bonds is 12. The number of H-pyrrole nitrogens is 1. The first-order chi connectivity index (χ1) is 16.5. The Kier molecular flexibility index (Phi) is 8.53. The normalized spacial score (nSPS) is 17.3. The summed E-state index contributed by atoms with van der Waals surface area (Å²) in [5.41, 5.74) is 10.6. The zero-order valence-electron chi connectivity index (χ0n) is 21.1. The fourth-order valence-electron chi connectivity index (χ4n) is 4.91. The zero-order valence-corrected chi connectivity index (χ0v) is 22.1. The van der Waals surface area contributed by atoms with Crippen LogP contribution in [0.3, 0.4) is 0 Å². The number of imidazole rings is 1. The molecular formula is C27H41N5OSi. The highest BCUT2D eigenvalue weighted by Crippen LogP contribution is 2.38. The highest BCUT2D eigenvalue weighted by molar-refractivity contribution is 6.76. The number of pyridine rings is 1. The molecule has 4 rings (SSSR count). The molecule has 1 aromatic carbocycles. The summed E-state index contributed by atoms with van der Waals surface area (Å²) in [5, 5.41) is 0. The lowest BCUT2D eigenvalue weighted by Gasteiger charge is -2.39. The molecule has 34 heavy (non-hydrogen) atoms. The van der Waals surface area contributed by atoms with E-state index in [1.807, 2.05) is 12.3 Å². The minimum Gasteiger partial charge on any atom is -0.380 e. The van der Waals surface area contributed by atoms with E-state index in [0.29, 0.717) is 6.61 Å². The van der Waals surface area contributed by atoms with E-state index in [0.717, 1.165) is 62.2 Å². The third-order valence-electron chi connectivity index (χ3n) is 6.83. The summed E-state index contributed by atoms with van der Waals surface area (Å²) in [6, 6.07) is 14.1. The first kappa shape index (κ1) is 25.0. The van der Waals surface area contributed by atoms with Crippen LogP contribution in [-0.4, -0.2) is 54.2 Å². The Morgan fingerprint density at radius 2 is 2.03 bits per heavy atom. The molecule has 2 unspecified atom stereocenters. The highest BCUT2D eigenvalue weighted by Gasteiger charge is 2.34. The van der Waals surface area contributed by atoms with E-state index in [1.165, 1.54) is 23.7 Å². The number of hydrogen-bond acceptors (Lipinski definition) is 5. The number of nitrogens with one attached hydrogen (secondary N) is 1. The summed E-state index contributed by atoms with van der Waals surface area (Å²) in [7, 11) is -1.15. The molecule has 1 aliphatic carbocycles. The minimum absolute atomic E-state index is 0.0461. The molecule has 184 valence electrons. The first-order valence-corrected chi connectivity index (χ1v) is 16.6. The molecule has 0 bridgehead atoms. The van der Waals surface area contributed by atoms with Crippen molar-refractivity contribution in [2.75, 3.05) is 26.3 Å². The molecule has 0 saturated carbocycles. The number of nitrogens with two attached hydrogens (primary N) is 1. The number of unbranched alkanes of at least 4 members (excludes halogenated alkanes) is 1. The van der Waals surface area contributed by atoms with Gasteiger partial charge in [0.15, 0.2) is 0 Å². The maximum Gasteiger partial charge on any atom is 0.127 e. The standard InChI is InChI=1S/C27H41N5OSi/c1-34(2,3)19-18-33-20-25(27-30-22-12-4-5-13-23(22)31-27)32(17-7-6-15-28)24-14-8-10-21-11-9-16-29-26(21)24/h4-5,9,11-13,16,24-25H,6-8,10,14-15,17-20,28H2,1-3H3,(H,30,31). The summed E-state index contributed by atoms with van der Waals surface area (Å²) in [4.78, 5) is 16.1. The van der Waals surface area contributed by atoms with Gasteiger partial charge in [0.1, 0.15) is 5.82 Å². The van der Waals surface area contributed by atoms with Gasteiger partial charge in [-0.25, -0.2) is 4.98 Å². The number of aromatic nitrogens is 3. The summed E-state index contributed by atoms with van der Waals surface area (Å²) < 4.78 is 6.38. The second-order valence-electron chi connectivity index (χ2n) is 10.7. The van der Waals surface area contributed by atoms with Crippen molar-refractivity contribution in [1.82, 2.24) is 19.9 Å². The van der Waals surface area contributed by atoms with Crippen molar-refractivity contribution in [3.05, 3.63) is 59.7 Å². The van der Waals surface area contributed by atoms with Gasteiger partial charge in [0, 0.05) is 20.9 Å². The van der Waals surface area contributed by atoms with Gasteiger partial charge in [-0.2, -0.15) is 0 Å². The lowest BCUT2D eigenvalue weighted by molar-refractivity contribution is 0.0300. The highest BCUT2D eigenvalue weighted by atomic mass is 28.3. The second-order valence-corrected chi connectivity index (χ2v) is 16.4. The maximum atomic E-state index is 6.38. The molecule has 2 atom stereocenters. The Balaban J connectivity index is 1.66. The summed E-state index contributed by atoms with van der Waals surface area (Å²) in [5.74, 6) is 0.991. The molecule has 1 aliphatic rings.